The topological polar surface area (TPSA) is 58.2 Å². The van der Waals surface area contributed by atoms with E-state index in [0.717, 1.165) is 12.5 Å². The van der Waals surface area contributed by atoms with Gasteiger partial charge in [0.2, 0.25) is 10.0 Å². The van der Waals surface area contributed by atoms with Crippen molar-refractivity contribution in [1.82, 2.24) is 4.72 Å². The molecule has 5 heteroatoms. The van der Waals surface area contributed by atoms with Crippen molar-refractivity contribution >= 4 is 15.7 Å². The predicted molar refractivity (Wildman–Crippen MR) is 86.9 cm³/mol. The molecule has 0 aromatic heterocycles. The molecule has 0 radical (unpaired) electrons. The number of rotatable bonds is 6. The SMILES string of the molecule is CCNS(=O)(=O)c1ccccc1NCC1CCC(C)CC1. The van der Waals surface area contributed by atoms with Gasteiger partial charge >= 0.3 is 0 Å². The second-order valence-corrected chi connectivity index (χ2v) is 7.74. The molecule has 1 fully saturated rings. The first-order valence-corrected chi connectivity index (χ1v) is 9.33. The number of anilines is 1. The molecule has 2 N–H and O–H groups in total. The molecule has 0 aliphatic heterocycles. The molecule has 4 nitrogen and oxygen atoms in total. The zero-order chi connectivity index (χ0) is 15.3. The molecule has 2 rings (SSSR count). The van der Waals surface area contributed by atoms with Gasteiger partial charge < -0.3 is 5.32 Å². The van der Waals surface area contributed by atoms with E-state index in [2.05, 4.69) is 17.0 Å². The summed E-state index contributed by atoms with van der Waals surface area (Å²) in [5.41, 5.74) is 0.706. The zero-order valence-corrected chi connectivity index (χ0v) is 13.7. The summed E-state index contributed by atoms with van der Waals surface area (Å²) in [6.07, 6.45) is 5.03. The van der Waals surface area contributed by atoms with Gasteiger partial charge in [-0.15, -0.1) is 0 Å². The molecule has 118 valence electrons. The van der Waals surface area contributed by atoms with Crippen LogP contribution in [0.3, 0.4) is 0 Å². The van der Waals surface area contributed by atoms with Crippen LogP contribution in [0.2, 0.25) is 0 Å². The van der Waals surface area contributed by atoms with Crippen LogP contribution >= 0.6 is 0 Å². The highest BCUT2D eigenvalue weighted by Gasteiger charge is 2.20. The summed E-state index contributed by atoms with van der Waals surface area (Å²) < 4.78 is 26.9. The maximum Gasteiger partial charge on any atom is 0.242 e. The van der Waals surface area contributed by atoms with E-state index in [9.17, 15) is 8.42 Å². The van der Waals surface area contributed by atoms with Crippen LogP contribution in [-0.2, 0) is 10.0 Å². The van der Waals surface area contributed by atoms with Gasteiger partial charge in [0.15, 0.2) is 0 Å². The van der Waals surface area contributed by atoms with Gasteiger partial charge in [0, 0.05) is 13.1 Å². The Kier molecular flexibility index (Phi) is 5.65. The lowest BCUT2D eigenvalue weighted by atomic mass is 9.83. The van der Waals surface area contributed by atoms with Crippen LogP contribution in [0.4, 0.5) is 5.69 Å². The second-order valence-electron chi connectivity index (χ2n) is 6.00. The molecule has 0 unspecified atom stereocenters. The Labute approximate surface area is 128 Å². The summed E-state index contributed by atoms with van der Waals surface area (Å²) in [4.78, 5) is 0.344. The normalized spacial score (nSPS) is 23.0. The number of hydrogen-bond acceptors (Lipinski definition) is 3. The van der Waals surface area contributed by atoms with Crippen LogP contribution in [-0.4, -0.2) is 21.5 Å². The van der Waals surface area contributed by atoms with Crippen molar-refractivity contribution in [2.24, 2.45) is 11.8 Å². The molecular weight excluding hydrogens is 284 g/mol. The van der Waals surface area contributed by atoms with E-state index in [1.807, 2.05) is 12.1 Å². The average Bonchev–Trinajstić information content (AvgIpc) is 2.47. The minimum Gasteiger partial charge on any atom is -0.384 e. The Bertz CT molecular complexity index is 549. The molecule has 1 aliphatic carbocycles. The number of hydrogen-bond donors (Lipinski definition) is 2. The van der Waals surface area contributed by atoms with Crippen molar-refractivity contribution in [3.63, 3.8) is 0 Å². The van der Waals surface area contributed by atoms with Crippen LogP contribution in [0.15, 0.2) is 29.2 Å². The van der Waals surface area contributed by atoms with E-state index >= 15 is 0 Å². The molecule has 1 aromatic carbocycles. The van der Waals surface area contributed by atoms with E-state index in [1.165, 1.54) is 25.7 Å². The maximum absolute atomic E-state index is 12.2. The molecule has 1 aliphatic rings. The van der Waals surface area contributed by atoms with Crippen LogP contribution in [0.1, 0.15) is 39.5 Å². The third-order valence-electron chi connectivity index (χ3n) is 4.23. The van der Waals surface area contributed by atoms with Gasteiger partial charge in [-0.25, -0.2) is 13.1 Å². The van der Waals surface area contributed by atoms with Crippen molar-refractivity contribution < 1.29 is 8.42 Å². The highest BCUT2D eigenvalue weighted by atomic mass is 32.2. The van der Waals surface area contributed by atoms with Gasteiger partial charge in [-0.1, -0.05) is 38.8 Å². The minimum atomic E-state index is -3.42. The average molecular weight is 310 g/mol. The smallest absolute Gasteiger partial charge is 0.242 e. The fraction of sp³-hybridized carbons (Fsp3) is 0.625. The molecule has 1 aromatic rings. The largest absolute Gasteiger partial charge is 0.384 e. The molecule has 0 bridgehead atoms. The summed E-state index contributed by atoms with van der Waals surface area (Å²) in [6.45, 7) is 5.35. The third-order valence-corrected chi connectivity index (χ3v) is 5.83. The lowest BCUT2D eigenvalue weighted by Gasteiger charge is -2.26. The molecule has 0 saturated heterocycles. The first kappa shape index (κ1) is 16.3. The van der Waals surface area contributed by atoms with E-state index in [-0.39, 0.29) is 0 Å². The fourth-order valence-electron chi connectivity index (χ4n) is 2.90. The van der Waals surface area contributed by atoms with Gasteiger partial charge in [0.25, 0.3) is 0 Å². The quantitative estimate of drug-likeness (QED) is 0.848. The maximum atomic E-state index is 12.2. The van der Waals surface area contributed by atoms with Crippen LogP contribution in [0, 0.1) is 11.8 Å². The molecule has 1 saturated carbocycles. The number of para-hydroxylation sites is 1. The van der Waals surface area contributed by atoms with Crippen molar-refractivity contribution in [3.8, 4) is 0 Å². The first-order valence-electron chi connectivity index (χ1n) is 7.85. The molecular formula is C16H26N2O2S. The van der Waals surface area contributed by atoms with Crippen LogP contribution in [0.5, 0.6) is 0 Å². The third kappa shape index (κ3) is 4.45. The zero-order valence-electron chi connectivity index (χ0n) is 12.9. The highest BCUT2D eigenvalue weighted by Crippen LogP contribution is 2.29. The Morgan fingerprint density at radius 1 is 1.14 bits per heavy atom. The van der Waals surface area contributed by atoms with E-state index in [4.69, 9.17) is 0 Å². The Balaban J connectivity index is 2.04. The summed E-state index contributed by atoms with van der Waals surface area (Å²) in [5.74, 6) is 1.48. The van der Waals surface area contributed by atoms with Crippen molar-refractivity contribution in [2.75, 3.05) is 18.4 Å². The molecule has 0 atom stereocenters. The Hall–Kier alpha value is -1.07. The first-order chi connectivity index (χ1) is 10.0. The summed E-state index contributed by atoms with van der Waals surface area (Å²) in [6, 6.07) is 7.13. The van der Waals surface area contributed by atoms with Crippen molar-refractivity contribution in [1.29, 1.82) is 0 Å². The van der Waals surface area contributed by atoms with E-state index in [0.29, 0.717) is 23.0 Å². The summed E-state index contributed by atoms with van der Waals surface area (Å²) in [5, 5.41) is 3.34. The van der Waals surface area contributed by atoms with Gasteiger partial charge in [-0.3, -0.25) is 0 Å². The van der Waals surface area contributed by atoms with Crippen LogP contribution < -0.4 is 10.0 Å². The second kappa shape index (κ2) is 7.27. The van der Waals surface area contributed by atoms with Gasteiger partial charge in [0.05, 0.1) is 5.69 Å². The van der Waals surface area contributed by atoms with Crippen LogP contribution in [0.25, 0.3) is 0 Å². The molecule has 0 spiro atoms. The van der Waals surface area contributed by atoms with E-state index < -0.39 is 10.0 Å². The summed E-state index contributed by atoms with van der Waals surface area (Å²) in [7, 11) is -3.42. The van der Waals surface area contributed by atoms with Gasteiger partial charge in [-0.2, -0.15) is 0 Å². The standard InChI is InChI=1S/C16H26N2O2S/c1-3-18-21(19,20)16-7-5-4-6-15(16)17-12-14-10-8-13(2)9-11-14/h4-7,13-14,17-18H,3,8-12H2,1-2H3. The predicted octanol–water partition coefficient (Wildman–Crippen LogP) is 3.22. The summed E-state index contributed by atoms with van der Waals surface area (Å²) >= 11 is 0. The molecule has 21 heavy (non-hydrogen) atoms. The van der Waals surface area contributed by atoms with Crippen molar-refractivity contribution in [3.05, 3.63) is 24.3 Å². The Morgan fingerprint density at radius 2 is 1.81 bits per heavy atom. The lowest BCUT2D eigenvalue weighted by molar-refractivity contribution is 0.300. The lowest BCUT2D eigenvalue weighted by Crippen LogP contribution is -2.25. The van der Waals surface area contributed by atoms with Gasteiger partial charge in [-0.05, 0) is 36.8 Å². The number of benzene rings is 1. The van der Waals surface area contributed by atoms with E-state index in [1.54, 1.807) is 19.1 Å². The Morgan fingerprint density at radius 3 is 2.48 bits per heavy atom. The minimum absolute atomic E-state index is 0.344. The number of nitrogens with one attached hydrogen (secondary N) is 2. The van der Waals surface area contributed by atoms with Crippen molar-refractivity contribution in [2.45, 2.75) is 44.4 Å². The highest BCUT2D eigenvalue weighted by molar-refractivity contribution is 7.89. The van der Waals surface area contributed by atoms with Gasteiger partial charge in [0.1, 0.15) is 4.90 Å². The fourth-order valence-corrected chi connectivity index (χ4v) is 4.13. The molecule has 0 amide bonds. The number of sulfonamides is 1. The molecule has 0 heterocycles. The monoisotopic (exact) mass is 310 g/mol.